The van der Waals surface area contributed by atoms with Crippen molar-refractivity contribution in [2.45, 2.75) is 71.6 Å². The second-order valence-electron chi connectivity index (χ2n) is 7.31. The number of alkyl carbamates (subject to hydrolysis) is 1. The molecule has 0 heterocycles. The van der Waals surface area contributed by atoms with Crippen LogP contribution in [0, 0.1) is 0 Å². The maximum Gasteiger partial charge on any atom is 0.408 e. The Morgan fingerprint density at radius 1 is 1.00 bits per heavy atom. The van der Waals surface area contributed by atoms with Gasteiger partial charge in [-0.15, -0.1) is 0 Å². The minimum atomic E-state index is -0.667. The normalized spacial score (nSPS) is 12.8. The van der Waals surface area contributed by atoms with E-state index in [1.165, 1.54) is 7.11 Å². The van der Waals surface area contributed by atoms with Crippen LogP contribution in [0.2, 0.25) is 0 Å². The summed E-state index contributed by atoms with van der Waals surface area (Å²) in [6, 6.07) is 0. The van der Waals surface area contributed by atoms with Crippen LogP contribution in [0.4, 0.5) is 4.79 Å². The molecular formula is C15H29NO5. The topological polar surface area (TPSA) is 73.9 Å². The van der Waals surface area contributed by atoms with Crippen LogP contribution in [-0.2, 0) is 19.0 Å². The summed E-state index contributed by atoms with van der Waals surface area (Å²) in [6.07, 6.45) is -0.353. The average molecular weight is 303 g/mol. The SMILES string of the molecule is COC(=O)CC(C)(C)OCC(C)(C)NC(=O)OC(C)(C)C. The lowest BCUT2D eigenvalue weighted by atomic mass is 10.0. The Kier molecular flexibility index (Phi) is 6.67. The van der Waals surface area contributed by atoms with E-state index in [4.69, 9.17) is 9.47 Å². The number of carbonyl (C=O) groups is 2. The second kappa shape index (κ2) is 7.11. The molecule has 0 aromatic heterocycles. The van der Waals surface area contributed by atoms with Gasteiger partial charge < -0.3 is 19.5 Å². The van der Waals surface area contributed by atoms with Crippen LogP contribution in [0.25, 0.3) is 0 Å². The molecule has 0 aliphatic carbocycles. The van der Waals surface area contributed by atoms with Crippen LogP contribution >= 0.6 is 0 Å². The third-order valence-electron chi connectivity index (χ3n) is 2.46. The lowest BCUT2D eigenvalue weighted by Gasteiger charge is -2.32. The number of nitrogens with one attached hydrogen (secondary N) is 1. The Labute approximate surface area is 127 Å². The van der Waals surface area contributed by atoms with E-state index < -0.39 is 22.8 Å². The molecule has 0 saturated carbocycles. The highest BCUT2D eigenvalue weighted by Gasteiger charge is 2.29. The maximum absolute atomic E-state index is 11.8. The Morgan fingerprint density at radius 2 is 1.52 bits per heavy atom. The van der Waals surface area contributed by atoms with E-state index in [-0.39, 0.29) is 19.0 Å². The molecule has 0 atom stereocenters. The van der Waals surface area contributed by atoms with Gasteiger partial charge in [-0.2, -0.15) is 0 Å². The highest BCUT2D eigenvalue weighted by molar-refractivity contribution is 5.70. The molecule has 124 valence electrons. The predicted molar refractivity (Wildman–Crippen MR) is 80.1 cm³/mol. The Balaban J connectivity index is 4.41. The number of hydrogen-bond acceptors (Lipinski definition) is 5. The fourth-order valence-electron chi connectivity index (χ4n) is 1.46. The summed E-state index contributed by atoms with van der Waals surface area (Å²) in [4.78, 5) is 23.1. The monoisotopic (exact) mass is 303 g/mol. The molecule has 0 rings (SSSR count). The van der Waals surface area contributed by atoms with E-state index in [9.17, 15) is 9.59 Å². The lowest BCUT2D eigenvalue weighted by Crippen LogP contribution is -2.50. The van der Waals surface area contributed by atoms with E-state index in [0.717, 1.165) is 0 Å². The van der Waals surface area contributed by atoms with Crippen LogP contribution in [0.1, 0.15) is 54.9 Å². The van der Waals surface area contributed by atoms with Crippen molar-refractivity contribution in [1.82, 2.24) is 5.32 Å². The van der Waals surface area contributed by atoms with Gasteiger partial charge in [0.05, 0.1) is 31.3 Å². The van der Waals surface area contributed by atoms with Crippen LogP contribution in [-0.4, -0.2) is 42.5 Å². The molecule has 0 aromatic rings. The number of rotatable bonds is 6. The number of carbonyl (C=O) groups excluding carboxylic acids is 2. The molecule has 0 radical (unpaired) electrons. The summed E-state index contributed by atoms with van der Waals surface area (Å²) in [5.41, 5.74) is -1.83. The van der Waals surface area contributed by atoms with Gasteiger partial charge in [0, 0.05) is 0 Å². The smallest absolute Gasteiger partial charge is 0.408 e. The third-order valence-corrected chi connectivity index (χ3v) is 2.46. The summed E-state index contributed by atoms with van der Waals surface area (Å²) in [6.45, 7) is 12.9. The third kappa shape index (κ3) is 10.1. The summed E-state index contributed by atoms with van der Waals surface area (Å²) in [5, 5.41) is 2.75. The van der Waals surface area contributed by atoms with Crippen molar-refractivity contribution in [3.63, 3.8) is 0 Å². The molecular weight excluding hydrogens is 274 g/mol. The zero-order chi connectivity index (χ0) is 16.9. The van der Waals surface area contributed by atoms with Gasteiger partial charge >= 0.3 is 12.1 Å². The van der Waals surface area contributed by atoms with Crippen molar-refractivity contribution >= 4 is 12.1 Å². The molecule has 0 aliphatic heterocycles. The van der Waals surface area contributed by atoms with Gasteiger partial charge in [0.1, 0.15) is 5.60 Å². The number of amides is 1. The molecule has 0 unspecified atom stereocenters. The molecule has 1 N–H and O–H groups in total. The van der Waals surface area contributed by atoms with Gasteiger partial charge in [-0.1, -0.05) is 0 Å². The molecule has 6 nitrogen and oxygen atoms in total. The Hall–Kier alpha value is -1.30. The fraction of sp³-hybridized carbons (Fsp3) is 0.867. The van der Waals surface area contributed by atoms with Crippen molar-refractivity contribution in [1.29, 1.82) is 0 Å². The largest absolute Gasteiger partial charge is 0.469 e. The lowest BCUT2D eigenvalue weighted by molar-refractivity contribution is -0.148. The number of esters is 1. The summed E-state index contributed by atoms with van der Waals surface area (Å²) < 4.78 is 15.6. The van der Waals surface area contributed by atoms with Crippen LogP contribution in [0.15, 0.2) is 0 Å². The Bertz CT molecular complexity index is 369. The molecule has 0 spiro atoms. The van der Waals surface area contributed by atoms with Crippen molar-refractivity contribution in [2.75, 3.05) is 13.7 Å². The van der Waals surface area contributed by atoms with E-state index in [2.05, 4.69) is 10.1 Å². The fourth-order valence-corrected chi connectivity index (χ4v) is 1.46. The van der Waals surface area contributed by atoms with Crippen LogP contribution < -0.4 is 5.32 Å². The standard InChI is InChI=1S/C15H29NO5/c1-13(2,3)21-12(18)16-14(4,5)10-20-15(6,7)9-11(17)19-8/h9-10H2,1-8H3,(H,16,18). The van der Waals surface area contributed by atoms with E-state index >= 15 is 0 Å². The first-order valence-electron chi connectivity index (χ1n) is 6.98. The van der Waals surface area contributed by atoms with Crippen LogP contribution in [0.5, 0.6) is 0 Å². The summed E-state index contributed by atoms with van der Waals surface area (Å²) in [7, 11) is 1.34. The zero-order valence-corrected chi connectivity index (χ0v) is 14.5. The van der Waals surface area contributed by atoms with E-state index in [1.807, 2.05) is 13.8 Å². The van der Waals surface area contributed by atoms with Crippen molar-refractivity contribution in [2.24, 2.45) is 0 Å². The van der Waals surface area contributed by atoms with Gasteiger partial charge in [0.25, 0.3) is 0 Å². The number of ether oxygens (including phenoxy) is 3. The zero-order valence-electron chi connectivity index (χ0n) is 14.5. The van der Waals surface area contributed by atoms with Crippen LogP contribution in [0.3, 0.4) is 0 Å². The van der Waals surface area contributed by atoms with Gasteiger partial charge in [-0.05, 0) is 48.5 Å². The predicted octanol–water partition coefficient (Wildman–Crippen LogP) is 2.65. The van der Waals surface area contributed by atoms with Gasteiger partial charge in [0.2, 0.25) is 0 Å². The van der Waals surface area contributed by atoms with Gasteiger partial charge in [-0.25, -0.2) is 4.79 Å². The molecule has 21 heavy (non-hydrogen) atoms. The second-order valence-corrected chi connectivity index (χ2v) is 7.31. The maximum atomic E-state index is 11.8. The minimum absolute atomic E-state index is 0.145. The van der Waals surface area contributed by atoms with E-state index in [0.29, 0.717) is 0 Å². The highest BCUT2D eigenvalue weighted by atomic mass is 16.6. The van der Waals surface area contributed by atoms with Gasteiger partial charge in [0.15, 0.2) is 0 Å². The average Bonchev–Trinajstić information content (AvgIpc) is 2.22. The first kappa shape index (κ1) is 19.7. The molecule has 0 saturated heterocycles. The quantitative estimate of drug-likeness (QED) is 0.764. The Morgan fingerprint density at radius 3 is 1.95 bits per heavy atom. The molecule has 1 amide bonds. The minimum Gasteiger partial charge on any atom is -0.469 e. The van der Waals surface area contributed by atoms with Crippen molar-refractivity contribution in [3.05, 3.63) is 0 Å². The van der Waals surface area contributed by atoms with E-state index in [1.54, 1.807) is 34.6 Å². The molecule has 0 aliphatic rings. The summed E-state index contributed by atoms with van der Waals surface area (Å²) >= 11 is 0. The molecule has 6 heteroatoms. The van der Waals surface area contributed by atoms with Crippen molar-refractivity contribution in [3.8, 4) is 0 Å². The number of hydrogen-bond donors (Lipinski definition) is 1. The van der Waals surface area contributed by atoms with Gasteiger partial charge in [-0.3, -0.25) is 4.79 Å². The molecule has 0 bridgehead atoms. The summed E-state index contributed by atoms with van der Waals surface area (Å²) in [5.74, 6) is -0.335. The number of methoxy groups -OCH3 is 1. The highest BCUT2D eigenvalue weighted by Crippen LogP contribution is 2.18. The molecule has 0 fully saturated rings. The molecule has 0 aromatic carbocycles. The first-order valence-corrected chi connectivity index (χ1v) is 6.98. The van der Waals surface area contributed by atoms with Crippen molar-refractivity contribution < 1.29 is 23.8 Å². The first-order chi connectivity index (χ1) is 9.26.